The second-order valence-electron chi connectivity index (χ2n) is 12.9. The summed E-state index contributed by atoms with van der Waals surface area (Å²) in [7, 11) is 4.13. The molecule has 5 aromatic rings. The van der Waals surface area contributed by atoms with Crippen molar-refractivity contribution in [1.29, 1.82) is 0 Å². The first-order chi connectivity index (χ1) is 27.9. The molecule has 0 spiro atoms. The van der Waals surface area contributed by atoms with Gasteiger partial charge in [-0.25, -0.2) is 0 Å². The van der Waals surface area contributed by atoms with Crippen molar-refractivity contribution >= 4 is 11.3 Å². The van der Waals surface area contributed by atoms with Gasteiger partial charge in [-0.1, -0.05) is 216 Å². The van der Waals surface area contributed by atoms with Crippen molar-refractivity contribution < 1.29 is 0 Å². The minimum atomic E-state index is 0.896. The lowest BCUT2D eigenvalue weighted by Gasteiger charge is -2.16. The maximum absolute atomic E-state index is 4.15. The molecule has 0 aromatic heterocycles. The Bertz CT molecular complexity index is 1980. The van der Waals surface area contributed by atoms with Gasteiger partial charge in [-0.3, -0.25) is 0 Å². The average Bonchev–Trinajstić information content (AvgIpc) is 3.28. The molecular weight excluding hydrogens is 689 g/mol. The Hall–Kier alpha value is -6.22. The molecule has 0 heterocycles. The number of nitrogens with one attached hydrogen (secondary N) is 1. The third kappa shape index (κ3) is 18.3. The zero-order valence-corrected chi connectivity index (χ0v) is 35.1. The highest BCUT2D eigenvalue weighted by atomic mass is 15.1. The van der Waals surface area contributed by atoms with Crippen molar-refractivity contribution in [2.75, 3.05) is 32.5 Å². The Morgan fingerprint density at radius 3 is 1.88 bits per heavy atom. The van der Waals surface area contributed by atoms with Gasteiger partial charge in [0.1, 0.15) is 0 Å². The van der Waals surface area contributed by atoms with Crippen molar-refractivity contribution in [2.24, 2.45) is 0 Å². The van der Waals surface area contributed by atoms with Crippen LogP contribution in [0.5, 0.6) is 0 Å². The molecule has 0 radical (unpaired) electrons. The number of benzene rings is 5. The molecule has 0 saturated heterocycles. The summed E-state index contributed by atoms with van der Waals surface area (Å²) in [6, 6.07) is 48.2. The molecule has 0 fully saturated rings. The fourth-order valence-corrected chi connectivity index (χ4v) is 5.59. The topological polar surface area (TPSA) is 15.3 Å². The first-order valence-corrected chi connectivity index (χ1v) is 19.9. The first-order valence-electron chi connectivity index (χ1n) is 19.9. The monoisotopic (exact) mass is 753 g/mol. The standard InChI is InChI=1S/C38H42N2.C9H10.C6H6.C2H6/c1-7-9-10-11-15-25-40(6)26-17-22-33(27-31(4)30(3)8-2)35-23-24-37(38(29-35)39-5)36-21-16-20-34(28-36)32-18-13-12-14-19-32;1-2-6-9-7-4-3-5-8-9;1-2-4-6-5-3-1;1-2/h7-16,18-24,27-29,39H,1-3,17,25-26H2,4-6H3;2-5,7-8H,1,6H2;1-6H;1-2H3/b10-9-,15-11-,31-27+,33-22+;;;. The average molecular weight is 753 g/mol. The van der Waals surface area contributed by atoms with E-state index in [1.807, 2.05) is 99.8 Å². The first kappa shape index (κ1) is 46.9. The van der Waals surface area contributed by atoms with Crippen LogP contribution in [0.15, 0.2) is 232 Å². The molecule has 0 saturated carbocycles. The normalized spacial score (nSPS) is 11.0. The molecule has 294 valence electrons. The van der Waals surface area contributed by atoms with Gasteiger partial charge >= 0.3 is 0 Å². The Morgan fingerprint density at radius 2 is 1.28 bits per heavy atom. The van der Waals surface area contributed by atoms with Crippen LogP contribution >= 0.6 is 0 Å². The summed E-state index contributed by atoms with van der Waals surface area (Å²) in [5, 5.41) is 3.44. The van der Waals surface area contributed by atoms with E-state index in [4.69, 9.17) is 0 Å². The third-order valence-corrected chi connectivity index (χ3v) is 8.70. The Labute approximate surface area is 346 Å². The van der Waals surface area contributed by atoms with E-state index in [-0.39, 0.29) is 0 Å². The van der Waals surface area contributed by atoms with E-state index in [0.717, 1.165) is 42.8 Å². The molecule has 1 N–H and O–H groups in total. The molecular formula is C55H64N2. The Morgan fingerprint density at radius 1 is 0.684 bits per heavy atom. The number of hydrogen-bond acceptors (Lipinski definition) is 2. The molecule has 5 aromatic carbocycles. The van der Waals surface area contributed by atoms with Crippen LogP contribution in [0.2, 0.25) is 0 Å². The van der Waals surface area contributed by atoms with E-state index in [1.54, 1.807) is 6.08 Å². The van der Waals surface area contributed by atoms with Crippen LogP contribution < -0.4 is 5.32 Å². The lowest BCUT2D eigenvalue weighted by molar-refractivity contribution is 0.378. The summed E-state index contributed by atoms with van der Waals surface area (Å²) in [5.41, 5.74) is 11.6. The van der Waals surface area contributed by atoms with Gasteiger partial charge < -0.3 is 10.2 Å². The summed E-state index contributed by atoms with van der Waals surface area (Å²) in [6.07, 6.45) is 20.1. The molecule has 2 nitrogen and oxygen atoms in total. The molecule has 5 rings (SSSR count). The fraction of sp³-hybridized carbons (Fsp3) is 0.164. The van der Waals surface area contributed by atoms with Gasteiger partial charge in [0.2, 0.25) is 0 Å². The van der Waals surface area contributed by atoms with Gasteiger partial charge in [0.25, 0.3) is 0 Å². The summed E-state index contributed by atoms with van der Waals surface area (Å²) >= 11 is 0. The molecule has 0 atom stereocenters. The molecule has 57 heavy (non-hydrogen) atoms. The second-order valence-corrected chi connectivity index (χ2v) is 12.9. The minimum absolute atomic E-state index is 0.896. The van der Waals surface area contributed by atoms with Crippen LogP contribution in [0, 0.1) is 0 Å². The number of allylic oxidation sites excluding steroid dienone is 10. The van der Waals surface area contributed by atoms with E-state index in [0.29, 0.717) is 0 Å². The quantitative estimate of drug-likeness (QED) is 0.0797. The second kappa shape index (κ2) is 29.1. The summed E-state index contributed by atoms with van der Waals surface area (Å²) in [6.45, 7) is 23.4. The molecule has 0 amide bonds. The molecule has 0 aliphatic heterocycles. The fourth-order valence-electron chi connectivity index (χ4n) is 5.59. The number of hydrogen-bond donors (Lipinski definition) is 1. The van der Waals surface area contributed by atoms with Crippen molar-refractivity contribution in [3.63, 3.8) is 0 Å². The SMILES string of the molecule is C=C/C=C\C=C/CN(C)CC/C=C(\C=C(/C)C(=C)C=C)c1ccc(-c2cccc(-c3ccccc3)c2)c(NC)c1.C=CCc1ccccc1.CC.c1ccccc1. The highest BCUT2D eigenvalue weighted by Crippen LogP contribution is 2.34. The van der Waals surface area contributed by atoms with Crippen LogP contribution in [0.1, 0.15) is 38.3 Å². The largest absolute Gasteiger partial charge is 0.388 e. The van der Waals surface area contributed by atoms with Crippen molar-refractivity contribution in [3.8, 4) is 22.3 Å². The third-order valence-electron chi connectivity index (χ3n) is 8.70. The number of anilines is 1. The maximum atomic E-state index is 4.15. The van der Waals surface area contributed by atoms with Crippen LogP contribution in [-0.2, 0) is 6.42 Å². The van der Waals surface area contributed by atoms with Crippen LogP contribution in [0.3, 0.4) is 0 Å². The highest BCUT2D eigenvalue weighted by Gasteiger charge is 2.10. The molecule has 0 aliphatic rings. The van der Waals surface area contributed by atoms with Crippen molar-refractivity contribution in [3.05, 3.63) is 243 Å². The van der Waals surface area contributed by atoms with E-state index < -0.39 is 0 Å². The highest BCUT2D eigenvalue weighted by molar-refractivity contribution is 5.86. The van der Waals surface area contributed by atoms with Crippen LogP contribution in [-0.4, -0.2) is 32.1 Å². The van der Waals surface area contributed by atoms with Crippen molar-refractivity contribution in [1.82, 2.24) is 4.90 Å². The predicted molar refractivity (Wildman–Crippen MR) is 257 cm³/mol. The van der Waals surface area contributed by atoms with Gasteiger partial charge in [-0.05, 0) is 83.5 Å². The zero-order chi connectivity index (χ0) is 41.5. The lowest BCUT2D eigenvalue weighted by atomic mass is 9.94. The van der Waals surface area contributed by atoms with Crippen LogP contribution in [0.25, 0.3) is 27.8 Å². The van der Waals surface area contributed by atoms with Gasteiger partial charge in [0.05, 0.1) is 0 Å². The van der Waals surface area contributed by atoms with E-state index in [1.165, 1.54) is 39.0 Å². The molecule has 0 bridgehead atoms. The molecule has 0 unspecified atom stereocenters. The predicted octanol–water partition coefficient (Wildman–Crippen LogP) is 14.9. The summed E-state index contributed by atoms with van der Waals surface area (Å²) in [5.74, 6) is 0. The number of nitrogens with zero attached hydrogens (tertiary/aromatic N) is 1. The van der Waals surface area contributed by atoms with Gasteiger partial charge in [-0.15, -0.1) is 6.58 Å². The van der Waals surface area contributed by atoms with Gasteiger partial charge in [0, 0.05) is 31.4 Å². The van der Waals surface area contributed by atoms with E-state index in [2.05, 4.69) is 160 Å². The van der Waals surface area contributed by atoms with E-state index >= 15 is 0 Å². The van der Waals surface area contributed by atoms with Crippen molar-refractivity contribution in [2.45, 2.75) is 33.6 Å². The lowest BCUT2D eigenvalue weighted by Crippen LogP contribution is -2.19. The number of rotatable bonds is 16. The maximum Gasteiger partial charge on any atom is 0.0423 e. The summed E-state index contributed by atoms with van der Waals surface area (Å²) in [4.78, 5) is 2.31. The Balaban J connectivity index is 0.000000540. The zero-order valence-electron chi connectivity index (χ0n) is 35.1. The van der Waals surface area contributed by atoms with E-state index in [9.17, 15) is 0 Å². The van der Waals surface area contributed by atoms with Gasteiger partial charge in [0.15, 0.2) is 0 Å². The van der Waals surface area contributed by atoms with Crippen LogP contribution in [0.4, 0.5) is 5.69 Å². The smallest absolute Gasteiger partial charge is 0.0423 e. The Kier molecular flexibility index (Phi) is 24.0. The van der Waals surface area contributed by atoms with Gasteiger partial charge in [-0.2, -0.15) is 0 Å². The molecule has 0 aliphatic carbocycles. The summed E-state index contributed by atoms with van der Waals surface area (Å²) < 4.78 is 0. The molecule has 2 heteroatoms. The number of likely N-dealkylation sites (N-methyl/N-ethyl adjacent to an activating group) is 1. The minimum Gasteiger partial charge on any atom is -0.388 e.